The second-order valence-corrected chi connectivity index (χ2v) is 4.05. The van der Waals surface area contributed by atoms with Gasteiger partial charge in [-0.3, -0.25) is 4.79 Å². The zero-order chi connectivity index (χ0) is 14.4. The summed E-state index contributed by atoms with van der Waals surface area (Å²) in [6.07, 6.45) is 1.50. The van der Waals surface area contributed by atoms with E-state index >= 15 is 0 Å². The third kappa shape index (κ3) is 3.81. The van der Waals surface area contributed by atoms with Crippen LogP contribution >= 0.6 is 0 Å². The van der Waals surface area contributed by atoms with Crippen molar-refractivity contribution in [2.45, 2.75) is 6.42 Å². The summed E-state index contributed by atoms with van der Waals surface area (Å²) in [5.41, 5.74) is 12.0. The van der Waals surface area contributed by atoms with E-state index in [-0.39, 0.29) is 6.42 Å². The molecular weight excluding hydrogens is 256 g/mol. The fraction of sp³-hybridized carbons (Fsp3) is 0.0714. The van der Waals surface area contributed by atoms with Crippen LogP contribution in [0, 0.1) is 0 Å². The zero-order valence-electron chi connectivity index (χ0n) is 10.7. The van der Waals surface area contributed by atoms with Crippen molar-refractivity contribution in [2.75, 3.05) is 5.73 Å². The van der Waals surface area contributed by atoms with Crippen LogP contribution in [-0.4, -0.2) is 16.6 Å². The van der Waals surface area contributed by atoms with Gasteiger partial charge in [0.15, 0.2) is 5.75 Å². The van der Waals surface area contributed by atoms with Crippen molar-refractivity contribution < 1.29 is 9.63 Å². The van der Waals surface area contributed by atoms with Gasteiger partial charge in [-0.2, -0.15) is 0 Å². The maximum atomic E-state index is 11.1. The molecule has 1 amide bonds. The van der Waals surface area contributed by atoms with E-state index in [4.69, 9.17) is 16.3 Å². The van der Waals surface area contributed by atoms with Crippen LogP contribution < -0.4 is 16.3 Å². The standard InChI is InChI=1S/C14H14N4O2/c15-13-8-11(6-7-17-13)20-18-12(9-14(16)19)10-4-2-1-3-5-10/h1-8H,9H2,(H2,15,17)(H2,16,19)/b18-12+. The minimum Gasteiger partial charge on any atom is -0.384 e. The number of oxime groups is 1. The highest BCUT2D eigenvalue weighted by atomic mass is 16.6. The van der Waals surface area contributed by atoms with Crippen LogP contribution in [0.25, 0.3) is 0 Å². The Kier molecular flexibility index (Phi) is 4.28. The number of hydrogen-bond acceptors (Lipinski definition) is 5. The predicted octanol–water partition coefficient (Wildman–Crippen LogP) is 1.32. The largest absolute Gasteiger partial charge is 0.384 e. The summed E-state index contributed by atoms with van der Waals surface area (Å²) in [4.78, 5) is 20.2. The number of carbonyl (C=O) groups excluding carboxylic acids is 1. The number of nitrogens with zero attached hydrogens (tertiary/aromatic N) is 2. The summed E-state index contributed by atoms with van der Waals surface area (Å²) in [6.45, 7) is 0. The lowest BCUT2D eigenvalue weighted by molar-refractivity contribution is -0.116. The van der Waals surface area contributed by atoms with Crippen LogP contribution in [0.15, 0.2) is 53.8 Å². The molecule has 0 bridgehead atoms. The van der Waals surface area contributed by atoms with E-state index in [1.807, 2.05) is 30.3 Å². The Hall–Kier alpha value is -2.89. The van der Waals surface area contributed by atoms with Crippen molar-refractivity contribution in [3.8, 4) is 5.75 Å². The lowest BCUT2D eigenvalue weighted by Crippen LogP contribution is -2.17. The van der Waals surface area contributed by atoms with Crippen LogP contribution in [0.4, 0.5) is 5.82 Å². The highest BCUT2D eigenvalue weighted by Crippen LogP contribution is 2.13. The molecule has 0 radical (unpaired) electrons. The third-order valence-corrected chi connectivity index (χ3v) is 2.46. The zero-order valence-corrected chi connectivity index (χ0v) is 10.7. The molecule has 1 aromatic carbocycles. The number of benzene rings is 1. The Morgan fingerprint density at radius 2 is 2.00 bits per heavy atom. The summed E-state index contributed by atoms with van der Waals surface area (Å²) in [5.74, 6) is 0.287. The number of nitrogen functional groups attached to an aromatic ring is 1. The molecule has 2 aromatic rings. The Bertz CT molecular complexity index is 626. The van der Waals surface area contributed by atoms with Gasteiger partial charge in [-0.05, 0) is 5.56 Å². The van der Waals surface area contributed by atoms with Gasteiger partial charge >= 0.3 is 0 Å². The molecule has 0 spiro atoms. The van der Waals surface area contributed by atoms with Crippen molar-refractivity contribution in [3.63, 3.8) is 0 Å². The monoisotopic (exact) mass is 270 g/mol. The molecule has 1 aromatic heterocycles. The number of amides is 1. The number of hydrogen-bond donors (Lipinski definition) is 2. The number of pyridine rings is 1. The SMILES string of the molecule is NC(=O)C/C(=N\Oc1ccnc(N)c1)c1ccccc1. The van der Waals surface area contributed by atoms with Crippen LogP contribution in [0.2, 0.25) is 0 Å². The van der Waals surface area contributed by atoms with E-state index in [1.54, 1.807) is 6.07 Å². The maximum Gasteiger partial charge on any atom is 0.223 e. The minimum atomic E-state index is -0.481. The van der Waals surface area contributed by atoms with Gasteiger partial charge in [-0.15, -0.1) is 0 Å². The van der Waals surface area contributed by atoms with E-state index in [2.05, 4.69) is 10.1 Å². The first kappa shape index (κ1) is 13.5. The molecule has 102 valence electrons. The van der Waals surface area contributed by atoms with Gasteiger partial charge in [-0.1, -0.05) is 35.5 Å². The Morgan fingerprint density at radius 3 is 2.65 bits per heavy atom. The molecule has 2 rings (SSSR count). The number of carbonyl (C=O) groups is 1. The van der Waals surface area contributed by atoms with Crippen molar-refractivity contribution in [1.29, 1.82) is 0 Å². The number of anilines is 1. The van der Waals surface area contributed by atoms with Crippen LogP contribution in [0.5, 0.6) is 5.75 Å². The lowest BCUT2D eigenvalue weighted by atomic mass is 10.1. The second kappa shape index (κ2) is 6.33. The third-order valence-electron chi connectivity index (χ3n) is 2.46. The summed E-state index contributed by atoms with van der Waals surface area (Å²) >= 11 is 0. The molecule has 0 atom stereocenters. The smallest absolute Gasteiger partial charge is 0.223 e. The van der Waals surface area contributed by atoms with Crippen molar-refractivity contribution in [2.24, 2.45) is 10.9 Å². The number of primary amides is 1. The molecule has 4 N–H and O–H groups in total. The lowest BCUT2D eigenvalue weighted by Gasteiger charge is -2.05. The first-order valence-electron chi connectivity index (χ1n) is 5.94. The first-order valence-corrected chi connectivity index (χ1v) is 5.94. The van der Waals surface area contributed by atoms with Gasteiger partial charge in [0.1, 0.15) is 5.82 Å². The second-order valence-electron chi connectivity index (χ2n) is 4.05. The van der Waals surface area contributed by atoms with Gasteiger partial charge in [0.25, 0.3) is 0 Å². The predicted molar refractivity (Wildman–Crippen MR) is 76.1 cm³/mol. The molecule has 20 heavy (non-hydrogen) atoms. The molecule has 0 unspecified atom stereocenters. The molecule has 0 fully saturated rings. The molecule has 0 aliphatic carbocycles. The van der Waals surface area contributed by atoms with E-state index in [9.17, 15) is 4.79 Å². The minimum absolute atomic E-state index is 0.00935. The molecule has 6 nitrogen and oxygen atoms in total. The molecule has 0 saturated heterocycles. The highest BCUT2D eigenvalue weighted by Gasteiger charge is 2.08. The topological polar surface area (TPSA) is 104 Å². The Balaban J connectivity index is 2.22. The fourth-order valence-corrected chi connectivity index (χ4v) is 1.58. The first-order chi connectivity index (χ1) is 9.65. The van der Waals surface area contributed by atoms with E-state index in [0.717, 1.165) is 5.56 Å². The van der Waals surface area contributed by atoms with E-state index in [1.165, 1.54) is 12.3 Å². The summed E-state index contributed by atoms with van der Waals surface area (Å²) < 4.78 is 0. The van der Waals surface area contributed by atoms with Gasteiger partial charge < -0.3 is 16.3 Å². The molecule has 1 heterocycles. The van der Waals surface area contributed by atoms with Crippen LogP contribution in [0.1, 0.15) is 12.0 Å². The summed E-state index contributed by atoms with van der Waals surface area (Å²) in [6, 6.07) is 12.4. The number of rotatable bonds is 5. The van der Waals surface area contributed by atoms with Crippen LogP contribution in [-0.2, 0) is 4.79 Å². The number of aromatic nitrogens is 1. The molecule has 0 aliphatic heterocycles. The highest BCUT2D eigenvalue weighted by molar-refractivity contribution is 6.09. The number of nitrogens with two attached hydrogens (primary N) is 2. The van der Waals surface area contributed by atoms with Gasteiger partial charge in [0, 0.05) is 18.3 Å². The molecule has 0 saturated carbocycles. The Labute approximate surface area is 116 Å². The van der Waals surface area contributed by atoms with Gasteiger partial charge in [-0.25, -0.2) is 4.98 Å². The molecule has 6 heteroatoms. The van der Waals surface area contributed by atoms with Crippen LogP contribution in [0.3, 0.4) is 0 Å². The summed E-state index contributed by atoms with van der Waals surface area (Å²) in [5, 5.41) is 3.98. The normalized spacial score (nSPS) is 11.1. The van der Waals surface area contributed by atoms with Crippen molar-refractivity contribution in [3.05, 3.63) is 54.2 Å². The molecular formula is C14H14N4O2. The van der Waals surface area contributed by atoms with E-state index in [0.29, 0.717) is 17.3 Å². The average Bonchev–Trinajstić information content (AvgIpc) is 2.44. The van der Waals surface area contributed by atoms with Gasteiger partial charge in [0.2, 0.25) is 5.91 Å². The maximum absolute atomic E-state index is 11.1. The molecule has 0 aliphatic rings. The fourth-order valence-electron chi connectivity index (χ4n) is 1.58. The summed E-state index contributed by atoms with van der Waals surface area (Å²) in [7, 11) is 0. The Morgan fingerprint density at radius 1 is 1.25 bits per heavy atom. The van der Waals surface area contributed by atoms with Gasteiger partial charge in [0.05, 0.1) is 12.1 Å². The quantitative estimate of drug-likeness (QED) is 0.631. The van der Waals surface area contributed by atoms with Crippen molar-refractivity contribution in [1.82, 2.24) is 4.98 Å². The van der Waals surface area contributed by atoms with E-state index < -0.39 is 5.91 Å². The average molecular weight is 270 g/mol. The van der Waals surface area contributed by atoms with Crippen molar-refractivity contribution >= 4 is 17.4 Å².